The Labute approximate surface area is 190 Å². The van der Waals surface area contributed by atoms with E-state index in [-0.39, 0.29) is 5.91 Å². The van der Waals surface area contributed by atoms with Crippen LogP contribution in [0.15, 0.2) is 60.7 Å². The molecule has 2 N–H and O–H groups in total. The lowest BCUT2D eigenvalue weighted by atomic mass is 10.1. The Kier molecular flexibility index (Phi) is 6.04. The first kappa shape index (κ1) is 21.3. The number of carbonyl (C=O) groups excluding carboxylic acids is 1. The smallest absolute Gasteiger partial charge is 0.259 e. The maximum Gasteiger partial charge on any atom is 0.259 e. The molecule has 9 heteroatoms. The zero-order valence-corrected chi connectivity index (χ0v) is 18.5. The number of nitrogens with one attached hydrogen (secondary N) is 2. The first-order chi connectivity index (χ1) is 15.4. The largest absolute Gasteiger partial charge is 0.496 e. The van der Waals surface area contributed by atoms with Gasteiger partial charge in [-0.15, -0.1) is 10.2 Å². The summed E-state index contributed by atoms with van der Waals surface area (Å²) in [5.41, 5.74) is 3.71. The maximum absolute atomic E-state index is 12.6. The van der Waals surface area contributed by atoms with Gasteiger partial charge in [-0.3, -0.25) is 4.79 Å². The summed E-state index contributed by atoms with van der Waals surface area (Å²) in [5, 5.41) is 19.4. The van der Waals surface area contributed by atoms with Gasteiger partial charge in [0.1, 0.15) is 5.75 Å². The van der Waals surface area contributed by atoms with Crippen molar-refractivity contribution in [2.24, 2.45) is 0 Å². The average molecular weight is 449 g/mol. The SMILES string of the molecule is COc1ccc(Cl)cc1C(=O)Nc1ccc(Nc2ccc(-n3nc(C)cc3C)nn2)cc1. The topological polar surface area (TPSA) is 94.0 Å². The molecular formula is C23H21ClN6O2. The lowest BCUT2D eigenvalue weighted by Gasteiger charge is -2.11. The molecule has 0 radical (unpaired) electrons. The Hall–Kier alpha value is -3.91. The van der Waals surface area contributed by atoms with Gasteiger partial charge in [0.2, 0.25) is 0 Å². The van der Waals surface area contributed by atoms with Crippen LogP contribution in [-0.2, 0) is 0 Å². The molecule has 4 aromatic rings. The molecule has 1 amide bonds. The van der Waals surface area contributed by atoms with E-state index in [9.17, 15) is 4.79 Å². The van der Waals surface area contributed by atoms with Gasteiger partial charge in [0.25, 0.3) is 5.91 Å². The molecule has 2 heterocycles. The number of methoxy groups -OCH3 is 1. The molecule has 4 rings (SSSR count). The second-order valence-corrected chi connectivity index (χ2v) is 7.55. The fourth-order valence-corrected chi connectivity index (χ4v) is 3.38. The van der Waals surface area contributed by atoms with Crippen molar-refractivity contribution in [2.45, 2.75) is 13.8 Å². The van der Waals surface area contributed by atoms with Crippen LogP contribution in [-0.4, -0.2) is 33.0 Å². The molecule has 0 fully saturated rings. The highest BCUT2D eigenvalue weighted by molar-refractivity contribution is 6.31. The van der Waals surface area contributed by atoms with Gasteiger partial charge < -0.3 is 15.4 Å². The van der Waals surface area contributed by atoms with Crippen molar-refractivity contribution in [1.29, 1.82) is 0 Å². The van der Waals surface area contributed by atoms with Gasteiger partial charge in [-0.25, -0.2) is 4.68 Å². The molecule has 2 aromatic heterocycles. The number of rotatable bonds is 6. The Morgan fingerprint density at radius 3 is 2.34 bits per heavy atom. The first-order valence-corrected chi connectivity index (χ1v) is 10.2. The van der Waals surface area contributed by atoms with E-state index in [1.165, 1.54) is 7.11 Å². The number of hydrogen-bond acceptors (Lipinski definition) is 6. The molecule has 0 saturated heterocycles. The summed E-state index contributed by atoms with van der Waals surface area (Å²) >= 11 is 6.01. The zero-order chi connectivity index (χ0) is 22.7. The van der Waals surface area contributed by atoms with Gasteiger partial charge in [0.15, 0.2) is 11.6 Å². The Morgan fingerprint density at radius 1 is 0.969 bits per heavy atom. The van der Waals surface area contributed by atoms with E-state index in [1.54, 1.807) is 35.0 Å². The summed E-state index contributed by atoms with van der Waals surface area (Å²) in [7, 11) is 1.51. The molecule has 0 aliphatic rings. The summed E-state index contributed by atoms with van der Waals surface area (Å²) in [6, 6.07) is 17.8. The number of amides is 1. The van der Waals surface area contributed by atoms with Crippen LogP contribution in [0.5, 0.6) is 5.75 Å². The third-order valence-electron chi connectivity index (χ3n) is 4.70. The fourth-order valence-electron chi connectivity index (χ4n) is 3.21. The number of carbonyl (C=O) groups is 1. The van der Waals surface area contributed by atoms with E-state index >= 15 is 0 Å². The molecule has 0 aliphatic heterocycles. The number of hydrogen-bond donors (Lipinski definition) is 2. The van der Waals surface area contributed by atoms with Crippen molar-refractivity contribution in [3.8, 4) is 11.6 Å². The van der Waals surface area contributed by atoms with Gasteiger partial charge in [0, 0.05) is 22.1 Å². The van der Waals surface area contributed by atoms with Crippen molar-refractivity contribution < 1.29 is 9.53 Å². The molecule has 0 atom stereocenters. The van der Waals surface area contributed by atoms with Gasteiger partial charge in [0.05, 0.1) is 18.4 Å². The lowest BCUT2D eigenvalue weighted by Crippen LogP contribution is -2.13. The third-order valence-corrected chi connectivity index (χ3v) is 4.93. The molecule has 32 heavy (non-hydrogen) atoms. The number of ether oxygens (including phenoxy) is 1. The number of aromatic nitrogens is 4. The van der Waals surface area contributed by atoms with Crippen molar-refractivity contribution in [1.82, 2.24) is 20.0 Å². The average Bonchev–Trinajstić information content (AvgIpc) is 3.13. The van der Waals surface area contributed by atoms with Gasteiger partial charge in [-0.05, 0) is 74.5 Å². The van der Waals surface area contributed by atoms with Crippen molar-refractivity contribution in [2.75, 3.05) is 17.7 Å². The van der Waals surface area contributed by atoms with Gasteiger partial charge in [-0.2, -0.15) is 5.10 Å². The molecule has 162 valence electrons. The zero-order valence-electron chi connectivity index (χ0n) is 17.8. The van der Waals surface area contributed by atoms with Crippen molar-refractivity contribution in [3.63, 3.8) is 0 Å². The number of aryl methyl sites for hydroxylation is 2. The highest BCUT2D eigenvalue weighted by atomic mass is 35.5. The molecule has 0 unspecified atom stereocenters. The summed E-state index contributed by atoms with van der Waals surface area (Å²) in [6.07, 6.45) is 0. The van der Waals surface area contributed by atoms with Crippen molar-refractivity contribution >= 4 is 34.7 Å². The standard InChI is InChI=1S/C23H21ClN6O2/c1-14-12-15(2)30(29-14)22-11-10-21(27-28-22)25-17-5-7-18(8-6-17)26-23(31)19-13-16(24)4-9-20(19)32-3/h4-13H,1-3H3,(H,25,27)(H,26,31). The second-order valence-electron chi connectivity index (χ2n) is 7.12. The summed E-state index contributed by atoms with van der Waals surface area (Å²) < 4.78 is 6.99. The van der Waals surface area contributed by atoms with E-state index in [0.717, 1.165) is 17.1 Å². The number of halogens is 1. The Bertz CT molecular complexity index is 1250. The molecule has 0 bridgehead atoms. The minimum atomic E-state index is -0.310. The lowest BCUT2D eigenvalue weighted by molar-refractivity contribution is 0.102. The van der Waals surface area contributed by atoms with E-state index in [2.05, 4.69) is 25.9 Å². The summed E-state index contributed by atoms with van der Waals surface area (Å²) in [4.78, 5) is 12.6. The van der Waals surface area contributed by atoms with Crippen molar-refractivity contribution in [3.05, 3.63) is 82.6 Å². The monoisotopic (exact) mass is 448 g/mol. The number of benzene rings is 2. The minimum Gasteiger partial charge on any atom is -0.496 e. The maximum atomic E-state index is 12.6. The molecular weight excluding hydrogens is 428 g/mol. The van der Waals surface area contributed by atoms with E-state index in [4.69, 9.17) is 16.3 Å². The first-order valence-electron chi connectivity index (χ1n) is 9.82. The Morgan fingerprint density at radius 2 is 1.72 bits per heavy atom. The Balaban J connectivity index is 1.42. The van der Waals surface area contributed by atoms with Gasteiger partial charge >= 0.3 is 0 Å². The molecule has 2 aromatic carbocycles. The second kappa shape index (κ2) is 9.07. The minimum absolute atomic E-state index is 0.310. The predicted octanol–water partition coefficient (Wildman–Crippen LogP) is 4.94. The van der Waals surface area contributed by atoms with Crippen LogP contribution < -0.4 is 15.4 Å². The molecule has 8 nitrogen and oxygen atoms in total. The fraction of sp³-hybridized carbons (Fsp3) is 0.130. The van der Waals surface area contributed by atoms with Crippen LogP contribution in [0.25, 0.3) is 5.82 Å². The van der Waals surface area contributed by atoms with Gasteiger partial charge in [-0.1, -0.05) is 11.6 Å². The molecule has 0 saturated carbocycles. The van der Waals surface area contributed by atoms with Crippen LogP contribution in [0, 0.1) is 13.8 Å². The summed E-state index contributed by atoms with van der Waals surface area (Å²) in [6.45, 7) is 3.90. The summed E-state index contributed by atoms with van der Waals surface area (Å²) in [5.74, 6) is 1.38. The molecule has 0 aliphatic carbocycles. The molecule has 0 spiro atoms. The van der Waals surface area contributed by atoms with Crippen LogP contribution in [0.4, 0.5) is 17.2 Å². The predicted molar refractivity (Wildman–Crippen MR) is 124 cm³/mol. The quantitative estimate of drug-likeness (QED) is 0.434. The van der Waals surface area contributed by atoms with E-state index in [1.807, 2.05) is 44.2 Å². The number of nitrogens with zero attached hydrogens (tertiary/aromatic N) is 4. The van der Waals surface area contributed by atoms with Crippen LogP contribution in [0.2, 0.25) is 5.02 Å². The van der Waals surface area contributed by atoms with Crippen LogP contribution in [0.1, 0.15) is 21.7 Å². The highest BCUT2D eigenvalue weighted by Crippen LogP contribution is 2.24. The van der Waals surface area contributed by atoms with Crippen LogP contribution in [0.3, 0.4) is 0 Å². The number of anilines is 3. The van der Waals surface area contributed by atoms with Crippen LogP contribution >= 0.6 is 11.6 Å². The normalized spacial score (nSPS) is 10.6. The van der Waals surface area contributed by atoms with E-state index in [0.29, 0.717) is 33.7 Å². The highest BCUT2D eigenvalue weighted by Gasteiger charge is 2.13. The van der Waals surface area contributed by atoms with E-state index < -0.39 is 0 Å². The third kappa shape index (κ3) is 4.70.